The lowest BCUT2D eigenvalue weighted by atomic mass is 10.2. The molecule has 2 N–H and O–H groups in total. The number of aliphatic imine (C=N–C) groups is 1. The molecule has 0 spiro atoms. The van der Waals surface area contributed by atoms with Crippen LogP contribution in [0.15, 0.2) is 28.6 Å². The van der Waals surface area contributed by atoms with Crippen LogP contribution in [0.4, 0.5) is 13.2 Å². The third kappa shape index (κ3) is 7.00. The van der Waals surface area contributed by atoms with Gasteiger partial charge in [0.2, 0.25) is 0 Å². The topological polar surface area (TPSA) is 67.8 Å². The molecule has 0 radical (unpaired) electrons. The molecule has 1 aromatic carbocycles. The number of aromatic nitrogens is 1. The van der Waals surface area contributed by atoms with E-state index in [2.05, 4.69) is 20.6 Å². The number of ether oxygens (including phenoxy) is 2. The molecule has 0 saturated carbocycles. The first-order valence-electron chi connectivity index (χ1n) is 8.13. The number of hydrogen-bond acceptors (Lipinski definition) is 5. The van der Waals surface area contributed by atoms with Gasteiger partial charge in [-0.1, -0.05) is 6.07 Å². The highest BCUT2D eigenvalue weighted by Gasteiger charge is 2.33. The highest BCUT2D eigenvalue weighted by molar-refractivity contribution is 14.0. The molecule has 28 heavy (non-hydrogen) atoms. The van der Waals surface area contributed by atoms with Gasteiger partial charge < -0.3 is 20.1 Å². The van der Waals surface area contributed by atoms with Crippen LogP contribution in [0.5, 0.6) is 11.5 Å². The summed E-state index contributed by atoms with van der Waals surface area (Å²) in [6.07, 6.45) is -4.43. The molecule has 0 aliphatic carbocycles. The van der Waals surface area contributed by atoms with E-state index in [1.165, 1.54) is 0 Å². The van der Waals surface area contributed by atoms with Gasteiger partial charge in [0.1, 0.15) is 5.01 Å². The van der Waals surface area contributed by atoms with Gasteiger partial charge in [-0.05, 0) is 24.6 Å². The molecule has 0 unspecified atom stereocenters. The fourth-order valence-electron chi connectivity index (χ4n) is 2.18. The van der Waals surface area contributed by atoms with Gasteiger partial charge in [-0.3, -0.25) is 4.99 Å². The minimum Gasteiger partial charge on any atom is -0.493 e. The average Bonchev–Trinajstić information content (AvgIpc) is 3.12. The number of rotatable bonds is 7. The van der Waals surface area contributed by atoms with Crippen molar-refractivity contribution in [3.63, 3.8) is 0 Å². The highest BCUT2D eigenvalue weighted by Crippen LogP contribution is 2.30. The number of nitrogens with zero attached hydrogens (tertiary/aromatic N) is 2. The maximum atomic E-state index is 12.6. The number of hydrogen-bond donors (Lipinski definition) is 2. The lowest BCUT2D eigenvalue weighted by molar-refractivity contribution is -0.140. The van der Waals surface area contributed by atoms with Crippen molar-refractivity contribution in [1.82, 2.24) is 15.6 Å². The molecule has 0 bridgehead atoms. The predicted octanol–water partition coefficient (Wildman–Crippen LogP) is 4.05. The van der Waals surface area contributed by atoms with Gasteiger partial charge in [0, 0.05) is 19.0 Å². The molecular formula is C17H22F3IN4O2S. The quantitative estimate of drug-likeness (QED) is 0.321. The number of benzene rings is 1. The van der Waals surface area contributed by atoms with Crippen LogP contribution in [0.25, 0.3) is 0 Å². The van der Waals surface area contributed by atoms with E-state index in [-0.39, 0.29) is 30.5 Å². The van der Waals surface area contributed by atoms with Gasteiger partial charge in [-0.15, -0.1) is 35.3 Å². The van der Waals surface area contributed by atoms with E-state index >= 15 is 0 Å². The summed E-state index contributed by atoms with van der Waals surface area (Å²) in [5, 5.41) is 7.36. The summed E-state index contributed by atoms with van der Waals surface area (Å²) < 4.78 is 48.5. The molecule has 11 heteroatoms. The number of methoxy groups -OCH3 is 1. The van der Waals surface area contributed by atoms with Crippen LogP contribution in [-0.2, 0) is 19.3 Å². The monoisotopic (exact) mass is 530 g/mol. The second-order valence-electron chi connectivity index (χ2n) is 5.32. The lowest BCUT2D eigenvalue weighted by Gasteiger charge is -2.13. The Balaban J connectivity index is 0.00000392. The summed E-state index contributed by atoms with van der Waals surface area (Å²) in [6, 6.07) is 5.57. The van der Waals surface area contributed by atoms with Gasteiger partial charge in [-0.25, -0.2) is 4.98 Å². The largest absolute Gasteiger partial charge is 0.493 e. The first-order valence-corrected chi connectivity index (χ1v) is 9.01. The van der Waals surface area contributed by atoms with Gasteiger partial charge in [-0.2, -0.15) is 13.2 Å². The SMILES string of the molecule is CCOc1ccc(CNC(=NC)NCc2nc(C(F)(F)F)cs2)cc1OC.I. The zero-order chi connectivity index (χ0) is 19.9. The highest BCUT2D eigenvalue weighted by atomic mass is 127. The third-order valence-corrected chi connectivity index (χ3v) is 4.31. The normalized spacial score (nSPS) is 11.6. The standard InChI is InChI=1S/C17H21F3N4O2S.HI/c1-4-26-12-6-5-11(7-13(12)25-3)8-22-16(21-2)23-9-15-24-14(10-27-15)17(18,19)20;/h5-7,10H,4,8-9H2,1-3H3,(H2,21,22,23);1H. The van der Waals surface area contributed by atoms with E-state index in [0.29, 0.717) is 35.6 Å². The molecule has 156 valence electrons. The van der Waals surface area contributed by atoms with Crippen LogP contribution in [0.1, 0.15) is 23.2 Å². The number of guanidine groups is 1. The lowest BCUT2D eigenvalue weighted by Crippen LogP contribution is -2.36. The van der Waals surface area contributed by atoms with Crippen molar-refractivity contribution < 1.29 is 22.6 Å². The summed E-state index contributed by atoms with van der Waals surface area (Å²) in [6.45, 7) is 3.03. The summed E-state index contributed by atoms with van der Waals surface area (Å²) in [5.74, 6) is 1.74. The Morgan fingerprint density at radius 3 is 2.50 bits per heavy atom. The molecule has 2 aromatic rings. The molecule has 0 saturated heterocycles. The maximum absolute atomic E-state index is 12.6. The summed E-state index contributed by atoms with van der Waals surface area (Å²) in [5.41, 5.74) is 0.0561. The minimum absolute atomic E-state index is 0. The third-order valence-electron chi connectivity index (χ3n) is 3.46. The van der Waals surface area contributed by atoms with E-state index in [4.69, 9.17) is 9.47 Å². The molecule has 1 aromatic heterocycles. The number of alkyl halides is 3. The van der Waals surface area contributed by atoms with Gasteiger partial charge in [0.25, 0.3) is 0 Å². The minimum atomic E-state index is -4.43. The zero-order valence-corrected chi connectivity index (χ0v) is 18.7. The Labute approximate surface area is 182 Å². The van der Waals surface area contributed by atoms with E-state index in [0.717, 1.165) is 22.3 Å². The van der Waals surface area contributed by atoms with Gasteiger partial charge in [0.15, 0.2) is 23.2 Å². The average molecular weight is 530 g/mol. The molecule has 6 nitrogen and oxygen atoms in total. The van der Waals surface area contributed by atoms with Crippen molar-refractivity contribution >= 4 is 41.3 Å². The van der Waals surface area contributed by atoms with Gasteiger partial charge >= 0.3 is 6.18 Å². The first kappa shape index (κ1) is 24.3. The molecule has 0 aliphatic rings. The van der Waals surface area contributed by atoms with Crippen LogP contribution in [0.2, 0.25) is 0 Å². The Morgan fingerprint density at radius 1 is 1.21 bits per heavy atom. The summed E-state index contributed by atoms with van der Waals surface area (Å²) in [4.78, 5) is 7.63. The Morgan fingerprint density at radius 2 is 1.93 bits per heavy atom. The Hall–Kier alpha value is -1.76. The molecule has 1 heterocycles. The van der Waals surface area contributed by atoms with Crippen molar-refractivity contribution in [1.29, 1.82) is 0 Å². The van der Waals surface area contributed by atoms with Crippen LogP contribution in [-0.4, -0.2) is 31.7 Å². The number of thiazole rings is 1. The van der Waals surface area contributed by atoms with Crippen LogP contribution >= 0.6 is 35.3 Å². The van der Waals surface area contributed by atoms with Crippen LogP contribution in [0, 0.1) is 0 Å². The molecule has 0 aliphatic heterocycles. The van der Waals surface area contributed by atoms with E-state index in [9.17, 15) is 13.2 Å². The molecule has 0 atom stereocenters. The second kappa shape index (κ2) is 11.3. The number of nitrogens with one attached hydrogen (secondary N) is 2. The molecule has 0 fully saturated rings. The molecule has 2 rings (SSSR count). The Bertz CT molecular complexity index is 784. The zero-order valence-electron chi connectivity index (χ0n) is 15.6. The smallest absolute Gasteiger partial charge is 0.434 e. The van der Waals surface area contributed by atoms with E-state index in [1.807, 2.05) is 25.1 Å². The Kier molecular flexibility index (Phi) is 9.79. The van der Waals surface area contributed by atoms with Crippen molar-refractivity contribution in [2.75, 3.05) is 20.8 Å². The van der Waals surface area contributed by atoms with E-state index in [1.54, 1.807) is 14.2 Å². The first-order chi connectivity index (χ1) is 12.9. The van der Waals surface area contributed by atoms with Crippen molar-refractivity contribution in [2.45, 2.75) is 26.2 Å². The number of halogens is 4. The fourth-order valence-corrected chi connectivity index (χ4v) is 2.93. The van der Waals surface area contributed by atoms with Crippen molar-refractivity contribution in [3.05, 3.63) is 39.8 Å². The van der Waals surface area contributed by atoms with Crippen molar-refractivity contribution in [3.8, 4) is 11.5 Å². The molecular weight excluding hydrogens is 508 g/mol. The summed E-state index contributed by atoms with van der Waals surface area (Å²) >= 11 is 0.948. The second-order valence-corrected chi connectivity index (χ2v) is 6.26. The predicted molar refractivity (Wildman–Crippen MR) is 114 cm³/mol. The van der Waals surface area contributed by atoms with Crippen LogP contribution < -0.4 is 20.1 Å². The van der Waals surface area contributed by atoms with Gasteiger partial charge in [0.05, 0.1) is 20.3 Å². The van der Waals surface area contributed by atoms with Crippen molar-refractivity contribution in [2.24, 2.45) is 4.99 Å². The summed E-state index contributed by atoms with van der Waals surface area (Å²) in [7, 11) is 3.15. The maximum Gasteiger partial charge on any atom is 0.434 e. The van der Waals surface area contributed by atoms with Crippen LogP contribution in [0.3, 0.4) is 0 Å². The fraction of sp³-hybridized carbons (Fsp3) is 0.412. The van der Waals surface area contributed by atoms with E-state index < -0.39 is 11.9 Å². The molecule has 0 amide bonds.